The number of nitrogens with zero attached hydrogens (tertiary/aromatic N) is 2. The first kappa shape index (κ1) is 23.3. The molecule has 172 valence electrons. The van der Waals surface area contributed by atoms with Gasteiger partial charge in [-0.15, -0.1) is 0 Å². The second-order valence-corrected chi connectivity index (χ2v) is 6.56. The van der Waals surface area contributed by atoms with E-state index >= 15 is 0 Å². The smallest absolute Gasteiger partial charge is 0.438 e. The number of nitrogens with one attached hydrogen (secondary N) is 3. The summed E-state index contributed by atoms with van der Waals surface area (Å²) in [6, 6.07) is 13.7. The summed E-state index contributed by atoms with van der Waals surface area (Å²) < 4.78 is 28.6. The predicted octanol–water partition coefficient (Wildman–Crippen LogP) is 4.15. The van der Waals surface area contributed by atoms with Gasteiger partial charge < -0.3 is 30.2 Å². The van der Waals surface area contributed by atoms with Crippen LogP contribution in [0.3, 0.4) is 0 Å². The maximum Gasteiger partial charge on any atom is 0.507 e. The maximum atomic E-state index is 14.3. The van der Waals surface area contributed by atoms with E-state index in [0.717, 1.165) is 11.8 Å². The van der Waals surface area contributed by atoms with Gasteiger partial charge in [0.25, 0.3) is 0 Å². The van der Waals surface area contributed by atoms with E-state index in [1.54, 1.807) is 36.4 Å². The Balaban J connectivity index is 1.64. The molecule has 0 aliphatic rings. The fraction of sp³-hybridized carbons (Fsp3) is 0.182. The first-order chi connectivity index (χ1) is 16.0. The molecular weight excluding hydrogens is 433 g/mol. The first-order valence-corrected chi connectivity index (χ1v) is 9.82. The van der Waals surface area contributed by atoms with Gasteiger partial charge in [-0.3, -0.25) is 0 Å². The Bertz CT molecular complexity index is 1110. The monoisotopic (exact) mass is 455 g/mol. The van der Waals surface area contributed by atoms with Gasteiger partial charge in [0.15, 0.2) is 11.6 Å². The summed E-state index contributed by atoms with van der Waals surface area (Å²) in [6.45, 7) is 0.185. The normalized spacial score (nSPS) is 10.2. The second-order valence-electron chi connectivity index (χ2n) is 6.56. The number of amides is 1. The van der Waals surface area contributed by atoms with Crippen molar-refractivity contribution in [2.75, 3.05) is 31.4 Å². The lowest BCUT2D eigenvalue weighted by molar-refractivity contribution is 0.0736. The number of anilines is 4. The molecule has 0 saturated carbocycles. The van der Waals surface area contributed by atoms with E-state index in [0.29, 0.717) is 23.5 Å². The van der Waals surface area contributed by atoms with Crippen LogP contribution in [0.25, 0.3) is 0 Å². The van der Waals surface area contributed by atoms with Crippen molar-refractivity contribution >= 4 is 35.4 Å². The summed E-state index contributed by atoms with van der Waals surface area (Å²) in [5, 5.41) is 8.21. The van der Waals surface area contributed by atoms with Crippen LogP contribution in [0.1, 0.15) is 5.56 Å². The molecule has 0 radical (unpaired) electrons. The van der Waals surface area contributed by atoms with Crippen LogP contribution in [-0.2, 0) is 15.9 Å². The summed E-state index contributed by atoms with van der Waals surface area (Å²) >= 11 is 0. The lowest BCUT2D eigenvalue weighted by atomic mass is 10.1. The summed E-state index contributed by atoms with van der Waals surface area (Å²) in [6.07, 6.45) is 0.219. The van der Waals surface area contributed by atoms with Gasteiger partial charge in [0.05, 0.1) is 19.9 Å². The molecule has 0 spiro atoms. The predicted molar refractivity (Wildman–Crippen MR) is 119 cm³/mol. The third-order valence-corrected chi connectivity index (χ3v) is 4.24. The molecule has 0 fully saturated rings. The summed E-state index contributed by atoms with van der Waals surface area (Å²) in [4.78, 5) is 30.5. The van der Waals surface area contributed by atoms with Crippen molar-refractivity contribution in [1.82, 2.24) is 15.3 Å². The molecule has 3 N–H and O–H groups in total. The topological polar surface area (TPSA) is 124 Å². The summed E-state index contributed by atoms with van der Waals surface area (Å²) in [5.74, 6) is -0.190. The highest BCUT2D eigenvalue weighted by atomic mass is 19.1. The van der Waals surface area contributed by atoms with E-state index in [-0.39, 0.29) is 18.4 Å². The van der Waals surface area contributed by atoms with Gasteiger partial charge in [-0.05, 0) is 29.8 Å². The van der Waals surface area contributed by atoms with Crippen molar-refractivity contribution in [2.24, 2.45) is 0 Å². The standard InChI is InChI=1S/C22H22FN5O5/c1-24-21(29)33-17-5-3-4-16(12-17)27-20-25-13-18(23)19(28-20)26-15-8-6-14(7-9-15)10-11-32-22(30)31-2/h3-9,12-13H,10-11H2,1-2H3,(H,24,29)(H2,25,26,27,28). The van der Waals surface area contributed by atoms with Crippen LogP contribution in [0.15, 0.2) is 54.7 Å². The second kappa shape index (κ2) is 11.3. The third kappa shape index (κ3) is 7.06. The number of halogens is 1. The molecule has 33 heavy (non-hydrogen) atoms. The van der Waals surface area contributed by atoms with Crippen molar-refractivity contribution in [1.29, 1.82) is 0 Å². The molecule has 3 rings (SSSR count). The lowest BCUT2D eigenvalue weighted by Crippen LogP contribution is -2.22. The van der Waals surface area contributed by atoms with Crippen molar-refractivity contribution in [3.05, 3.63) is 66.1 Å². The van der Waals surface area contributed by atoms with Crippen LogP contribution in [0.5, 0.6) is 5.75 Å². The number of benzene rings is 2. The number of aromatic nitrogens is 2. The minimum atomic E-state index is -0.734. The highest BCUT2D eigenvalue weighted by molar-refractivity contribution is 5.71. The number of carbonyl (C=O) groups excluding carboxylic acids is 2. The maximum absolute atomic E-state index is 14.3. The summed E-state index contributed by atoms with van der Waals surface area (Å²) in [5.41, 5.74) is 2.08. The van der Waals surface area contributed by atoms with Gasteiger partial charge >= 0.3 is 12.2 Å². The van der Waals surface area contributed by atoms with Crippen molar-refractivity contribution in [3.8, 4) is 5.75 Å². The number of methoxy groups -OCH3 is 1. The van der Waals surface area contributed by atoms with Crippen molar-refractivity contribution < 1.29 is 28.2 Å². The molecule has 1 aromatic heterocycles. The molecule has 0 atom stereocenters. The molecule has 0 saturated heterocycles. The molecule has 3 aromatic rings. The zero-order valence-corrected chi connectivity index (χ0v) is 17.9. The van der Waals surface area contributed by atoms with Gasteiger partial charge in [-0.1, -0.05) is 18.2 Å². The molecule has 0 aliphatic carbocycles. The molecule has 0 aliphatic heterocycles. The van der Waals surface area contributed by atoms with E-state index in [2.05, 4.69) is 30.7 Å². The van der Waals surface area contributed by atoms with Crippen LogP contribution >= 0.6 is 0 Å². The first-order valence-electron chi connectivity index (χ1n) is 9.82. The van der Waals surface area contributed by atoms with Crippen LogP contribution < -0.4 is 20.7 Å². The number of hydrogen-bond acceptors (Lipinski definition) is 9. The Morgan fingerprint density at radius 3 is 2.58 bits per heavy atom. The van der Waals surface area contributed by atoms with Crippen molar-refractivity contribution in [3.63, 3.8) is 0 Å². The zero-order chi connectivity index (χ0) is 23.6. The molecule has 2 aromatic carbocycles. The Labute approximate surface area is 189 Å². The van der Waals surface area contributed by atoms with E-state index < -0.39 is 18.1 Å². The Hall–Kier alpha value is -4.41. The zero-order valence-electron chi connectivity index (χ0n) is 17.9. The Kier molecular flexibility index (Phi) is 7.95. The van der Waals surface area contributed by atoms with Crippen LogP contribution in [0, 0.1) is 5.82 Å². The van der Waals surface area contributed by atoms with Crippen LogP contribution in [0.4, 0.5) is 37.1 Å². The Morgan fingerprint density at radius 2 is 1.85 bits per heavy atom. The highest BCUT2D eigenvalue weighted by Crippen LogP contribution is 2.23. The van der Waals surface area contributed by atoms with E-state index in [1.807, 2.05) is 12.1 Å². The highest BCUT2D eigenvalue weighted by Gasteiger charge is 2.09. The molecular formula is C22H22FN5O5. The van der Waals surface area contributed by atoms with Crippen LogP contribution in [0.2, 0.25) is 0 Å². The fourth-order valence-corrected chi connectivity index (χ4v) is 2.64. The van der Waals surface area contributed by atoms with Crippen LogP contribution in [-0.4, -0.2) is 43.0 Å². The van der Waals surface area contributed by atoms with Gasteiger partial charge in [0.2, 0.25) is 5.95 Å². The molecule has 0 bridgehead atoms. The molecule has 1 amide bonds. The average Bonchev–Trinajstić information content (AvgIpc) is 2.82. The van der Waals surface area contributed by atoms with E-state index in [1.165, 1.54) is 14.2 Å². The fourth-order valence-electron chi connectivity index (χ4n) is 2.64. The minimum absolute atomic E-state index is 0.0213. The number of rotatable bonds is 8. The molecule has 11 heteroatoms. The summed E-state index contributed by atoms with van der Waals surface area (Å²) in [7, 11) is 2.70. The lowest BCUT2D eigenvalue weighted by Gasteiger charge is -2.11. The largest absolute Gasteiger partial charge is 0.507 e. The van der Waals surface area contributed by atoms with Gasteiger partial charge in [0.1, 0.15) is 5.75 Å². The average molecular weight is 455 g/mol. The quantitative estimate of drug-likeness (QED) is 0.430. The number of hydrogen-bond donors (Lipinski definition) is 3. The third-order valence-electron chi connectivity index (χ3n) is 4.24. The number of carbonyl (C=O) groups is 2. The van der Waals surface area contributed by atoms with Gasteiger partial charge in [0, 0.05) is 30.9 Å². The minimum Gasteiger partial charge on any atom is -0.438 e. The molecule has 0 unspecified atom stereocenters. The van der Waals surface area contributed by atoms with Gasteiger partial charge in [-0.25, -0.2) is 19.0 Å². The van der Waals surface area contributed by atoms with Gasteiger partial charge in [-0.2, -0.15) is 4.98 Å². The van der Waals surface area contributed by atoms with E-state index in [4.69, 9.17) is 9.47 Å². The van der Waals surface area contributed by atoms with E-state index in [9.17, 15) is 14.0 Å². The number of ether oxygens (including phenoxy) is 3. The Morgan fingerprint density at radius 1 is 1.06 bits per heavy atom. The van der Waals surface area contributed by atoms with Crippen molar-refractivity contribution in [2.45, 2.75) is 6.42 Å². The molecule has 1 heterocycles. The SMILES string of the molecule is CNC(=O)Oc1cccc(Nc2ncc(F)c(Nc3ccc(CCOC(=O)OC)cc3)n2)c1. The molecule has 10 nitrogen and oxygen atoms in total.